The average Bonchev–Trinajstić information content (AvgIpc) is 2.49. The molecule has 0 fully saturated rings. The van der Waals surface area contributed by atoms with E-state index < -0.39 is 0 Å². The molecule has 2 N–H and O–H groups in total. The van der Waals surface area contributed by atoms with Crippen molar-refractivity contribution < 1.29 is 0 Å². The van der Waals surface area contributed by atoms with Gasteiger partial charge in [-0.05, 0) is 18.7 Å². The SMILES string of the molecule is NCCc1ncn2ccc(Cl)cc12. The summed E-state index contributed by atoms with van der Waals surface area (Å²) in [7, 11) is 0. The third-order valence-electron chi connectivity index (χ3n) is 1.96. The first kappa shape index (κ1) is 8.53. The Morgan fingerprint density at radius 1 is 1.54 bits per heavy atom. The minimum Gasteiger partial charge on any atom is -0.330 e. The summed E-state index contributed by atoms with van der Waals surface area (Å²) in [5.74, 6) is 0. The number of nitrogens with zero attached hydrogens (tertiary/aromatic N) is 2. The van der Waals surface area contributed by atoms with Crippen molar-refractivity contribution in [2.24, 2.45) is 5.73 Å². The number of fused-ring (bicyclic) bond motifs is 1. The van der Waals surface area contributed by atoms with Crippen LogP contribution < -0.4 is 5.73 Å². The lowest BCUT2D eigenvalue weighted by Gasteiger charge is -1.96. The molecule has 0 atom stereocenters. The Bertz CT molecular complexity index is 422. The fourth-order valence-corrected chi connectivity index (χ4v) is 1.51. The number of pyridine rings is 1. The van der Waals surface area contributed by atoms with Crippen molar-refractivity contribution in [3.05, 3.63) is 35.4 Å². The minimum absolute atomic E-state index is 0.610. The molecule has 0 amide bonds. The molecule has 0 aromatic carbocycles. The molecule has 0 unspecified atom stereocenters. The monoisotopic (exact) mass is 195 g/mol. The summed E-state index contributed by atoms with van der Waals surface area (Å²) in [6, 6.07) is 3.74. The van der Waals surface area contributed by atoms with E-state index in [1.807, 2.05) is 22.7 Å². The molecular weight excluding hydrogens is 186 g/mol. The normalized spacial score (nSPS) is 10.9. The van der Waals surface area contributed by atoms with E-state index in [0.717, 1.165) is 22.7 Å². The van der Waals surface area contributed by atoms with Gasteiger partial charge in [0.05, 0.1) is 17.5 Å². The highest BCUT2D eigenvalue weighted by Crippen LogP contribution is 2.15. The van der Waals surface area contributed by atoms with Crippen molar-refractivity contribution in [1.82, 2.24) is 9.38 Å². The van der Waals surface area contributed by atoms with E-state index in [2.05, 4.69) is 4.98 Å². The maximum absolute atomic E-state index is 5.88. The van der Waals surface area contributed by atoms with Crippen LogP contribution in [0.1, 0.15) is 5.69 Å². The van der Waals surface area contributed by atoms with Crippen molar-refractivity contribution in [2.75, 3.05) is 6.54 Å². The van der Waals surface area contributed by atoms with Gasteiger partial charge in [-0.2, -0.15) is 0 Å². The van der Waals surface area contributed by atoms with E-state index in [1.165, 1.54) is 0 Å². The number of rotatable bonds is 2. The third-order valence-corrected chi connectivity index (χ3v) is 2.20. The second kappa shape index (κ2) is 3.36. The highest BCUT2D eigenvalue weighted by Gasteiger charge is 2.02. The zero-order valence-electron chi connectivity index (χ0n) is 7.07. The van der Waals surface area contributed by atoms with Crippen LogP contribution in [0.3, 0.4) is 0 Å². The fraction of sp³-hybridized carbons (Fsp3) is 0.222. The second-order valence-electron chi connectivity index (χ2n) is 2.87. The summed E-state index contributed by atoms with van der Waals surface area (Å²) >= 11 is 5.88. The summed E-state index contributed by atoms with van der Waals surface area (Å²) in [4.78, 5) is 4.25. The zero-order valence-corrected chi connectivity index (χ0v) is 7.83. The van der Waals surface area contributed by atoms with Gasteiger partial charge in [-0.3, -0.25) is 0 Å². The van der Waals surface area contributed by atoms with E-state index in [0.29, 0.717) is 6.54 Å². The minimum atomic E-state index is 0.610. The first-order valence-corrected chi connectivity index (χ1v) is 4.50. The number of hydrogen-bond donors (Lipinski definition) is 1. The molecule has 0 aliphatic heterocycles. The van der Waals surface area contributed by atoms with Crippen LogP contribution in [-0.4, -0.2) is 15.9 Å². The van der Waals surface area contributed by atoms with E-state index in [4.69, 9.17) is 17.3 Å². The predicted molar refractivity (Wildman–Crippen MR) is 53.0 cm³/mol. The molecule has 0 aliphatic rings. The molecule has 2 aromatic heterocycles. The van der Waals surface area contributed by atoms with Gasteiger partial charge in [0.25, 0.3) is 0 Å². The lowest BCUT2D eigenvalue weighted by molar-refractivity contribution is 0.943. The summed E-state index contributed by atoms with van der Waals surface area (Å²) < 4.78 is 1.94. The van der Waals surface area contributed by atoms with Crippen LogP contribution in [-0.2, 0) is 6.42 Å². The summed E-state index contributed by atoms with van der Waals surface area (Å²) in [5.41, 5.74) is 7.51. The Labute approximate surface area is 81.1 Å². The Hall–Kier alpha value is -1.06. The first-order chi connectivity index (χ1) is 6.31. The van der Waals surface area contributed by atoms with E-state index in [-0.39, 0.29) is 0 Å². The van der Waals surface area contributed by atoms with Gasteiger partial charge in [0.2, 0.25) is 0 Å². The highest BCUT2D eigenvalue weighted by atomic mass is 35.5. The van der Waals surface area contributed by atoms with Gasteiger partial charge in [0.1, 0.15) is 0 Å². The van der Waals surface area contributed by atoms with Gasteiger partial charge < -0.3 is 10.1 Å². The molecule has 0 radical (unpaired) electrons. The lowest BCUT2D eigenvalue weighted by Crippen LogP contribution is -2.03. The zero-order chi connectivity index (χ0) is 9.26. The Morgan fingerprint density at radius 2 is 2.38 bits per heavy atom. The van der Waals surface area contributed by atoms with E-state index >= 15 is 0 Å². The van der Waals surface area contributed by atoms with Gasteiger partial charge >= 0.3 is 0 Å². The maximum Gasteiger partial charge on any atom is 0.0995 e. The lowest BCUT2D eigenvalue weighted by atomic mass is 10.2. The third kappa shape index (κ3) is 1.53. The smallest absolute Gasteiger partial charge is 0.0995 e. The van der Waals surface area contributed by atoms with Gasteiger partial charge in [-0.15, -0.1) is 0 Å². The number of imidazole rings is 1. The van der Waals surface area contributed by atoms with Crippen LogP contribution in [0.5, 0.6) is 0 Å². The topological polar surface area (TPSA) is 43.3 Å². The Balaban J connectivity index is 2.58. The van der Waals surface area contributed by atoms with Crippen LogP contribution in [0.2, 0.25) is 5.02 Å². The summed E-state index contributed by atoms with van der Waals surface area (Å²) in [6.45, 7) is 0.610. The van der Waals surface area contributed by atoms with Crippen LogP contribution >= 0.6 is 11.6 Å². The number of halogens is 1. The molecule has 4 heteroatoms. The molecule has 0 spiro atoms. The number of aromatic nitrogens is 2. The Morgan fingerprint density at radius 3 is 3.15 bits per heavy atom. The molecule has 0 aliphatic carbocycles. The highest BCUT2D eigenvalue weighted by molar-refractivity contribution is 6.30. The van der Waals surface area contributed by atoms with Gasteiger partial charge in [-0.25, -0.2) is 4.98 Å². The molecule has 2 rings (SSSR count). The van der Waals surface area contributed by atoms with E-state index in [1.54, 1.807) is 6.33 Å². The standard InChI is InChI=1S/C9H10ClN3/c10-7-2-4-13-6-12-8(1-3-11)9(13)5-7/h2,4-6H,1,3,11H2. The average molecular weight is 196 g/mol. The molecular formula is C9H10ClN3. The molecule has 2 aromatic rings. The largest absolute Gasteiger partial charge is 0.330 e. The van der Waals surface area contributed by atoms with Gasteiger partial charge in [-0.1, -0.05) is 11.6 Å². The van der Waals surface area contributed by atoms with Crippen LogP contribution in [0.25, 0.3) is 5.52 Å². The van der Waals surface area contributed by atoms with Crippen molar-refractivity contribution in [1.29, 1.82) is 0 Å². The molecule has 3 nitrogen and oxygen atoms in total. The first-order valence-electron chi connectivity index (χ1n) is 4.12. The molecule has 68 valence electrons. The van der Waals surface area contributed by atoms with Gasteiger partial charge in [0.15, 0.2) is 0 Å². The quantitative estimate of drug-likeness (QED) is 0.789. The fourth-order valence-electron chi connectivity index (χ4n) is 1.35. The van der Waals surface area contributed by atoms with Crippen LogP contribution in [0, 0.1) is 0 Å². The van der Waals surface area contributed by atoms with Crippen molar-refractivity contribution in [2.45, 2.75) is 6.42 Å². The maximum atomic E-state index is 5.88. The summed E-state index contributed by atoms with van der Waals surface area (Å²) in [5, 5.41) is 0.728. The predicted octanol–water partition coefficient (Wildman–Crippen LogP) is 1.49. The second-order valence-corrected chi connectivity index (χ2v) is 3.30. The van der Waals surface area contributed by atoms with E-state index in [9.17, 15) is 0 Å². The number of hydrogen-bond acceptors (Lipinski definition) is 2. The van der Waals surface area contributed by atoms with Crippen molar-refractivity contribution in [3.63, 3.8) is 0 Å². The van der Waals surface area contributed by atoms with Crippen LogP contribution in [0.15, 0.2) is 24.7 Å². The molecule has 2 heterocycles. The van der Waals surface area contributed by atoms with Crippen LogP contribution in [0.4, 0.5) is 0 Å². The van der Waals surface area contributed by atoms with Crippen molar-refractivity contribution >= 4 is 17.1 Å². The van der Waals surface area contributed by atoms with Crippen molar-refractivity contribution in [3.8, 4) is 0 Å². The number of nitrogens with two attached hydrogens (primary N) is 1. The van der Waals surface area contributed by atoms with Gasteiger partial charge in [0, 0.05) is 17.6 Å². The Kier molecular flexibility index (Phi) is 2.20. The molecule has 0 bridgehead atoms. The molecule has 13 heavy (non-hydrogen) atoms. The summed E-state index contributed by atoms with van der Waals surface area (Å²) in [6.07, 6.45) is 4.46. The molecule has 0 saturated heterocycles. The molecule has 0 saturated carbocycles.